The highest BCUT2D eigenvalue weighted by molar-refractivity contribution is 6.01. The highest BCUT2D eigenvalue weighted by atomic mass is 16.5. The second-order valence-corrected chi connectivity index (χ2v) is 17.2. The summed E-state index contributed by atoms with van der Waals surface area (Å²) in [5.74, 6) is -2.77. The molecular weight excluding hydrogens is 823 g/mol. The van der Waals surface area contributed by atoms with E-state index in [1.165, 1.54) is 37.2 Å². The van der Waals surface area contributed by atoms with Crippen molar-refractivity contribution >= 4 is 29.4 Å². The van der Waals surface area contributed by atoms with E-state index in [1.807, 2.05) is 6.07 Å². The minimum atomic E-state index is -1.50. The Kier molecular flexibility index (Phi) is 14.4. The molecule has 1 aromatic heterocycles. The average Bonchev–Trinajstić information content (AvgIpc) is 3.56. The van der Waals surface area contributed by atoms with Gasteiger partial charge in [0.1, 0.15) is 54.6 Å². The normalized spacial score (nSPS) is 19.0. The summed E-state index contributed by atoms with van der Waals surface area (Å²) in [5, 5.41) is 40.6. The van der Waals surface area contributed by atoms with Crippen molar-refractivity contribution < 1.29 is 44.0 Å². The van der Waals surface area contributed by atoms with Crippen LogP contribution in [0.2, 0.25) is 0 Å². The lowest BCUT2D eigenvalue weighted by atomic mass is 9.86. The Bertz CT molecular complexity index is 2400. The predicted octanol–water partition coefficient (Wildman–Crippen LogP) is 1.52. The van der Waals surface area contributed by atoms with Crippen molar-refractivity contribution in [2.24, 2.45) is 11.5 Å². The lowest BCUT2D eigenvalue weighted by Crippen LogP contribution is -2.52. The molecule has 2 aliphatic rings. The third-order valence-corrected chi connectivity index (χ3v) is 11.7. The van der Waals surface area contributed by atoms with E-state index in [9.17, 15) is 34.5 Å². The summed E-state index contributed by atoms with van der Waals surface area (Å²) in [6.45, 7) is 7.97. The molecule has 4 bridgehead atoms. The van der Waals surface area contributed by atoms with Gasteiger partial charge in [-0.2, -0.15) is 0 Å². The van der Waals surface area contributed by atoms with Crippen LogP contribution in [0, 0.1) is 6.92 Å². The number of phenols is 1. The fourth-order valence-electron chi connectivity index (χ4n) is 8.03. The first-order valence-corrected chi connectivity index (χ1v) is 21.3. The third kappa shape index (κ3) is 10.4. The van der Waals surface area contributed by atoms with Gasteiger partial charge in [0.25, 0.3) is 5.91 Å². The number of ether oxygens (including phenoxy) is 2. The maximum Gasteiger partial charge on any atom is 0.257 e. The average molecular weight is 882 g/mol. The fourth-order valence-corrected chi connectivity index (χ4v) is 8.03. The number of amides is 4. The highest BCUT2D eigenvalue weighted by Gasteiger charge is 2.34. The van der Waals surface area contributed by atoms with Gasteiger partial charge in [0, 0.05) is 42.9 Å². The Morgan fingerprint density at radius 2 is 1.62 bits per heavy atom. The number of carbonyl (C=O) groups is 4. The lowest BCUT2D eigenvalue weighted by molar-refractivity contribution is -0.139. The van der Waals surface area contributed by atoms with E-state index in [-0.39, 0.29) is 65.7 Å². The number of anilines is 1. The number of aliphatic hydroxyl groups excluding tert-OH is 2. The van der Waals surface area contributed by atoms with Crippen LogP contribution in [-0.2, 0) is 32.6 Å². The van der Waals surface area contributed by atoms with Crippen LogP contribution in [0.3, 0.4) is 0 Å². The molecule has 4 aromatic rings. The summed E-state index contributed by atoms with van der Waals surface area (Å²) in [6, 6.07) is 11.1. The van der Waals surface area contributed by atoms with E-state index in [4.69, 9.17) is 26.7 Å². The summed E-state index contributed by atoms with van der Waals surface area (Å²) >= 11 is 0. The number of phenolic OH excluding ortho intramolecular Hbond substituents is 1. The molecule has 0 radical (unpaired) electrons. The first-order chi connectivity index (χ1) is 30.3. The molecule has 342 valence electrons. The van der Waals surface area contributed by atoms with Crippen LogP contribution in [0.15, 0.2) is 48.5 Å². The number of nitrogens with one attached hydrogen (secondary N) is 3. The van der Waals surface area contributed by atoms with Gasteiger partial charge in [-0.25, -0.2) is 9.97 Å². The van der Waals surface area contributed by atoms with Gasteiger partial charge < -0.3 is 62.8 Å². The molecule has 18 nitrogen and oxygen atoms in total. The molecule has 0 fully saturated rings. The zero-order chi connectivity index (χ0) is 46.6. The summed E-state index contributed by atoms with van der Waals surface area (Å²) in [5.41, 5.74) is 22.5. The Hall–Kier alpha value is -6.34. The molecule has 0 saturated heterocycles. The largest absolute Gasteiger partial charge is 0.504 e. The van der Waals surface area contributed by atoms with Crippen molar-refractivity contribution in [2.75, 3.05) is 45.6 Å². The number of fused-ring (bicyclic) bond motifs is 6. The molecule has 18 heteroatoms. The molecule has 1 aliphatic carbocycles. The van der Waals surface area contributed by atoms with Crippen LogP contribution in [0.1, 0.15) is 78.5 Å². The topological polar surface area (TPSA) is 291 Å². The molecule has 5 atom stereocenters. The zero-order valence-corrected chi connectivity index (χ0v) is 37.0. The van der Waals surface area contributed by atoms with Crippen LogP contribution in [0.4, 0.5) is 5.82 Å². The molecule has 0 unspecified atom stereocenters. The van der Waals surface area contributed by atoms with Crippen LogP contribution in [0.25, 0.3) is 22.5 Å². The number of nitrogens with zero attached hydrogens (tertiary/aromatic N) is 3. The quantitative estimate of drug-likeness (QED) is 0.0921. The summed E-state index contributed by atoms with van der Waals surface area (Å²) in [4.78, 5) is 65.7. The number of likely N-dealkylation sites (N-methyl/N-ethyl adjacent to an activating group) is 1. The number of aromatic hydroxyl groups is 1. The zero-order valence-electron chi connectivity index (χ0n) is 37.0. The lowest BCUT2D eigenvalue weighted by Gasteiger charge is -2.30. The molecule has 64 heavy (non-hydrogen) atoms. The number of aliphatic hydroxyl groups is 2. The third-order valence-electron chi connectivity index (χ3n) is 11.7. The van der Waals surface area contributed by atoms with Gasteiger partial charge in [0.2, 0.25) is 17.7 Å². The van der Waals surface area contributed by atoms with E-state index in [1.54, 1.807) is 32.0 Å². The number of benzene rings is 3. The molecule has 0 saturated carbocycles. The van der Waals surface area contributed by atoms with Crippen LogP contribution in [-0.4, -0.2) is 118 Å². The molecule has 2 heterocycles. The second kappa shape index (κ2) is 19.6. The van der Waals surface area contributed by atoms with Crippen LogP contribution >= 0.6 is 0 Å². The predicted molar refractivity (Wildman–Crippen MR) is 239 cm³/mol. The maximum absolute atomic E-state index is 14.4. The van der Waals surface area contributed by atoms with Crippen molar-refractivity contribution in [3.63, 3.8) is 0 Å². The minimum Gasteiger partial charge on any atom is -0.504 e. The van der Waals surface area contributed by atoms with E-state index in [0.717, 1.165) is 28.9 Å². The number of hydrogen-bond acceptors (Lipinski definition) is 14. The molecule has 1 aliphatic heterocycles. The van der Waals surface area contributed by atoms with Gasteiger partial charge in [-0.15, -0.1) is 0 Å². The Morgan fingerprint density at radius 3 is 2.30 bits per heavy atom. The molecule has 12 N–H and O–H groups in total. The summed E-state index contributed by atoms with van der Waals surface area (Å²) in [7, 11) is 1.35. The van der Waals surface area contributed by atoms with E-state index >= 15 is 0 Å². The van der Waals surface area contributed by atoms with Gasteiger partial charge in [-0.3, -0.25) is 19.2 Å². The van der Waals surface area contributed by atoms with E-state index < -0.39 is 66.3 Å². The van der Waals surface area contributed by atoms with Crippen molar-refractivity contribution in [3.05, 3.63) is 82.0 Å². The van der Waals surface area contributed by atoms with E-state index in [0.29, 0.717) is 23.5 Å². The van der Waals surface area contributed by atoms with Crippen molar-refractivity contribution in [3.8, 4) is 39.8 Å². The minimum absolute atomic E-state index is 0.0184. The fraction of sp³-hybridized carbons (Fsp3) is 0.435. The second-order valence-electron chi connectivity index (χ2n) is 17.2. The molecular formula is C46H59N9O9. The SMILES string of the molecule is Cc1nc(-c2ccc3c(c2)CCC3(C)C)nc(N)c1C(=O)NCC(=O)N(C)[C@@H]1C(=O)N[C@@H](C)C(=O)N[C@H](C)Cc2ccc(OC[C@H](O)CN)c(c2)-c2cc1cc(OC[C@H](O)CN)c2O. The van der Waals surface area contributed by atoms with Gasteiger partial charge in [0.05, 0.1) is 12.2 Å². The number of carbonyl (C=O) groups excluding carboxylic acids is 4. The first-order valence-electron chi connectivity index (χ1n) is 21.3. The number of aromatic nitrogens is 2. The number of nitrogen functional groups attached to an aromatic ring is 1. The van der Waals surface area contributed by atoms with Gasteiger partial charge in [-0.1, -0.05) is 32.0 Å². The van der Waals surface area contributed by atoms with Crippen molar-refractivity contribution in [1.29, 1.82) is 0 Å². The monoisotopic (exact) mass is 881 g/mol. The van der Waals surface area contributed by atoms with Gasteiger partial charge in [0.15, 0.2) is 17.3 Å². The van der Waals surface area contributed by atoms with Crippen molar-refractivity contribution in [1.82, 2.24) is 30.8 Å². The van der Waals surface area contributed by atoms with Crippen LogP contribution in [0.5, 0.6) is 17.2 Å². The van der Waals surface area contributed by atoms with Crippen molar-refractivity contribution in [2.45, 2.75) is 89.6 Å². The highest BCUT2D eigenvalue weighted by Crippen LogP contribution is 2.45. The molecule has 6 rings (SSSR count). The summed E-state index contributed by atoms with van der Waals surface area (Å²) in [6.07, 6.45) is 0.167. The Morgan fingerprint density at radius 1 is 0.938 bits per heavy atom. The number of nitrogens with two attached hydrogens (primary N) is 3. The van der Waals surface area contributed by atoms with Crippen LogP contribution < -0.4 is 42.6 Å². The summed E-state index contributed by atoms with van der Waals surface area (Å²) < 4.78 is 11.9. The van der Waals surface area contributed by atoms with Gasteiger partial charge >= 0.3 is 0 Å². The van der Waals surface area contributed by atoms with E-state index in [2.05, 4.69) is 51.9 Å². The number of aryl methyl sites for hydroxylation is 2. The first kappa shape index (κ1) is 47.1. The smallest absolute Gasteiger partial charge is 0.257 e. The maximum atomic E-state index is 14.4. The molecule has 3 aromatic carbocycles. The standard InChI is InChI=1S/C46H59N9O9/c1-23-13-26-7-10-35(63-21-30(56)18-47)32(14-26)33-16-29(17-36(40(33)59)64-22-31(57)19-48)39(45(62)53-25(3)43(60)51-23)55(6)37(58)20-50-44(61)38-24(2)52-42(54-41(38)49)28-8-9-34-27(15-28)11-12-46(34,4)5/h7-10,14-17,23,25,30-31,39,56-57,59H,11-13,18-22,47-48H2,1-6H3,(H,50,61)(H,51,60)(H,53,62)(H2,49,52,54)/t23-,25+,30-,31-,39+/m1/s1. The number of rotatable bonds is 13. The Balaban J connectivity index is 1.35. The Labute approximate surface area is 371 Å². The molecule has 4 amide bonds. The number of hydrogen-bond donors (Lipinski definition) is 9. The van der Waals surface area contributed by atoms with Gasteiger partial charge in [-0.05, 0) is 98.0 Å². The molecule has 0 spiro atoms.